The van der Waals surface area contributed by atoms with Gasteiger partial charge in [0, 0.05) is 52.4 Å². The number of rotatable bonds is 8. The Morgan fingerprint density at radius 2 is 1.97 bits per heavy atom. The molecular weight excluding hydrogens is 465 g/mol. The number of carbonyl (C=O) groups excluding carboxylic acids is 1. The maximum Gasteiger partial charge on any atom is 0.407 e. The van der Waals surface area contributed by atoms with Crippen LogP contribution < -0.4 is 9.64 Å². The number of hydrogen-bond acceptors (Lipinski definition) is 6. The molecule has 3 aromatic rings. The number of likely N-dealkylation sites (N-methyl/N-ethyl adjacent to an activating group) is 1. The lowest BCUT2D eigenvalue weighted by Gasteiger charge is -2.23. The van der Waals surface area contributed by atoms with Crippen LogP contribution in [-0.4, -0.2) is 70.6 Å². The highest BCUT2D eigenvalue weighted by atomic mass is 19.1. The maximum atomic E-state index is 15.1. The quantitative estimate of drug-likeness (QED) is 0.509. The molecule has 1 N–H and O–H groups in total. The van der Waals surface area contributed by atoms with E-state index in [1.165, 1.54) is 24.2 Å². The Hall–Kier alpha value is -4.21. The second-order valence-electron chi connectivity index (χ2n) is 8.63. The van der Waals surface area contributed by atoms with Gasteiger partial charge in [0.15, 0.2) is 0 Å². The number of benzene rings is 1. The van der Waals surface area contributed by atoms with Crippen molar-refractivity contribution in [1.29, 1.82) is 0 Å². The molecule has 0 saturated carbocycles. The van der Waals surface area contributed by atoms with Crippen LogP contribution >= 0.6 is 0 Å². The number of anilines is 1. The summed E-state index contributed by atoms with van der Waals surface area (Å²) >= 11 is 0. The van der Waals surface area contributed by atoms with E-state index in [-0.39, 0.29) is 30.4 Å². The van der Waals surface area contributed by atoms with Crippen molar-refractivity contribution in [2.24, 2.45) is 0 Å². The van der Waals surface area contributed by atoms with E-state index in [0.717, 1.165) is 5.56 Å². The van der Waals surface area contributed by atoms with Crippen molar-refractivity contribution in [1.82, 2.24) is 19.8 Å². The number of ether oxygens (including phenoxy) is 1. The second-order valence-corrected chi connectivity index (χ2v) is 8.63. The van der Waals surface area contributed by atoms with Crippen LogP contribution in [0.1, 0.15) is 34.1 Å². The molecule has 0 saturated heterocycles. The Labute approximate surface area is 208 Å². The monoisotopic (exact) mass is 493 g/mol. The first-order valence-corrected chi connectivity index (χ1v) is 11.6. The highest BCUT2D eigenvalue weighted by Crippen LogP contribution is 2.27. The first kappa shape index (κ1) is 24.9. The molecule has 10 heteroatoms. The first-order chi connectivity index (χ1) is 17.3. The molecule has 0 aliphatic carbocycles. The van der Waals surface area contributed by atoms with Gasteiger partial charge in [-0.3, -0.25) is 9.78 Å². The third kappa shape index (κ3) is 5.70. The summed E-state index contributed by atoms with van der Waals surface area (Å²) in [5.74, 6) is 0.0108. The van der Waals surface area contributed by atoms with Crippen LogP contribution in [0.2, 0.25) is 0 Å². The number of amides is 2. The van der Waals surface area contributed by atoms with E-state index in [9.17, 15) is 9.59 Å². The summed E-state index contributed by atoms with van der Waals surface area (Å²) in [5, 5.41) is 9.15. The molecule has 0 unspecified atom stereocenters. The summed E-state index contributed by atoms with van der Waals surface area (Å²) in [6.45, 7) is 1.21. The van der Waals surface area contributed by atoms with Gasteiger partial charge in [-0.05, 0) is 17.7 Å². The smallest absolute Gasteiger partial charge is 0.407 e. The van der Waals surface area contributed by atoms with Gasteiger partial charge in [0.2, 0.25) is 0 Å². The minimum atomic E-state index is -1.04. The standard InChI is InChI=1S/C26H28FN5O4/c1-30-13-14-32(25(33)20-9-6-11-28-24(20)30)17-22-21(27)15-19(16-29-22)36-23(10-12-31(2)26(34)35)18-7-4-3-5-8-18/h3-9,11,15-16,23H,10,12-14,17H2,1-2H3,(H,34,35)/t23-/m0/s1. The van der Waals surface area contributed by atoms with E-state index in [1.807, 2.05) is 42.3 Å². The number of aromatic nitrogens is 2. The summed E-state index contributed by atoms with van der Waals surface area (Å²) in [7, 11) is 3.35. The fraction of sp³-hybridized carbons (Fsp3) is 0.308. The molecule has 1 aliphatic rings. The van der Waals surface area contributed by atoms with E-state index in [4.69, 9.17) is 9.84 Å². The molecule has 1 aliphatic heterocycles. The average Bonchev–Trinajstić information content (AvgIpc) is 3.00. The van der Waals surface area contributed by atoms with Crippen molar-refractivity contribution < 1.29 is 23.8 Å². The Balaban J connectivity index is 1.49. The number of nitrogens with zero attached hydrogens (tertiary/aromatic N) is 5. The van der Waals surface area contributed by atoms with Crippen LogP contribution in [-0.2, 0) is 6.54 Å². The highest BCUT2D eigenvalue weighted by molar-refractivity contribution is 5.99. The van der Waals surface area contributed by atoms with E-state index in [0.29, 0.717) is 30.9 Å². The second kappa shape index (κ2) is 11.0. The summed E-state index contributed by atoms with van der Waals surface area (Å²) in [4.78, 5) is 37.4. The van der Waals surface area contributed by atoms with Crippen molar-refractivity contribution in [2.75, 3.05) is 38.6 Å². The van der Waals surface area contributed by atoms with E-state index >= 15 is 4.39 Å². The fourth-order valence-corrected chi connectivity index (χ4v) is 4.01. The zero-order valence-electron chi connectivity index (χ0n) is 20.2. The Morgan fingerprint density at radius 3 is 2.69 bits per heavy atom. The van der Waals surface area contributed by atoms with Crippen molar-refractivity contribution in [2.45, 2.75) is 19.1 Å². The summed E-state index contributed by atoms with van der Waals surface area (Å²) < 4.78 is 21.1. The van der Waals surface area contributed by atoms with Gasteiger partial charge >= 0.3 is 6.09 Å². The van der Waals surface area contributed by atoms with Crippen LogP contribution in [0.3, 0.4) is 0 Å². The van der Waals surface area contributed by atoms with Gasteiger partial charge in [0.25, 0.3) is 5.91 Å². The molecule has 4 rings (SSSR count). The van der Waals surface area contributed by atoms with Gasteiger partial charge in [-0.15, -0.1) is 0 Å². The van der Waals surface area contributed by atoms with Gasteiger partial charge in [-0.2, -0.15) is 0 Å². The minimum Gasteiger partial charge on any atom is -0.484 e. The fourth-order valence-electron chi connectivity index (χ4n) is 4.01. The topological polar surface area (TPSA) is 99.1 Å². The van der Waals surface area contributed by atoms with Gasteiger partial charge < -0.3 is 24.5 Å². The highest BCUT2D eigenvalue weighted by Gasteiger charge is 2.27. The Kier molecular flexibility index (Phi) is 7.62. The molecule has 36 heavy (non-hydrogen) atoms. The molecule has 9 nitrogen and oxygen atoms in total. The number of halogens is 1. The maximum absolute atomic E-state index is 15.1. The number of fused-ring (bicyclic) bond motifs is 1. The zero-order chi connectivity index (χ0) is 25.7. The lowest BCUT2D eigenvalue weighted by atomic mass is 10.1. The molecule has 1 atom stereocenters. The Morgan fingerprint density at radius 1 is 1.19 bits per heavy atom. The van der Waals surface area contributed by atoms with Crippen LogP contribution in [0.4, 0.5) is 15.0 Å². The number of carbonyl (C=O) groups is 2. The molecule has 188 valence electrons. The molecule has 2 amide bonds. The minimum absolute atomic E-state index is 0.0125. The molecule has 0 spiro atoms. The normalized spacial score (nSPS) is 14.1. The van der Waals surface area contributed by atoms with Crippen LogP contribution in [0, 0.1) is 5.82 Å². The van der Waals surface area contributed by atoms with Crippen LogP contribution in [0.25, 0.3) is 0 Å². The number of carboxylic acid groups (broad SMARTS) is 1. The molecule has 0 bridgehead atoms. The molecule has 1 aromatic carbocycles. The van der Waals surface area contributed by atoms with E-state index < -0.39 is 18.0 Å². The van der Waals surface area contributed by atoms with Crippen LogP contribution in [0.15, 0.2) is 60.9 Å². The lowest BCUT2D eigenvalue weighted by molar-refractivity contribution is 0.0751. The molecule has 0 fully saturated rings. The van der Waals surface area contributed by atoms with Crippen LogP contribution in [0.5, 0.6) is 5.75 Å². The predicted molar refractivity (Wildman–Crippen MR) is 132 cm³/mol. The summed E-state index contributed by atoms with van der Waals surface area (Å²) in [6.07, 6.45) is 1.91. The third-order valence-electron chi connectivity index (χ3n) is 6.11. The van der Waals surface area contributed by atoms with Gasteiger partial charge in [0.05, 0.1) is 24.0 Å². The SMILES string of the molecule is CN(CC[C@H](Oc1cnc(CN2CCN(C)c3ncccc3C2=O)c(F)c1)c1ccccc1)C(=O)O. The largest absolute Gasteiger partial charge is 0.484 e. The molecule has 3 heterocycles. The zero-order valence-corrected chi connectivity index (χ0v) is 20.2. The average molecular weight is 494 g/mol. The molecule has 2 aromatic heterocycles. The first-order valence-electron chi connectivity index (χ1n) is 11.6. The number of pyridine rings is 2. The van der Waals surface area contributed by atoms with E-state index in [2.05, 4.69) is 9.97 Å². The van der Waals surface area contributed by atoms with Crippen molar-refractivity contribution in [3.8, 4) is 5.75 Å². The van der Waals surface area contributed by atoms with Crippen molar-refractivity contribution in [3.63, 3.8) is 0 Å². The van der Waals surface area contributed by atoms with E-state index in [1.54, 1.807) is 23.2 Å². The van der Waals surface area contributed by atoms with Crippen molar-refractivity contribution in [3.05, 3.63) is 83.6 Å². The third-order valence-corrected chi connectivity index (χ3v) is 6.11. The van der Waals surface area contributed by atoms with Gasteiger partial charge in [0.1, 0.15) is 23.5 Å². The lowest BCUT2D eigenvalue weighted by Crippen LogP contribution is -2.34. The summed E-state index contributed by atoms with van der Waals surface area (Å²) in [6, 6.07) is 14.0. The predicted octanol–water partition coefficient (Wildman–Crippen LogP) is 3.83. The number of hydrogen-bond donors (Lipinski definition) is 1. The molecule has 0 radical (unpaired) electrons. The summed E-state index contributed by atoms with van der Waals surface area (Å²) in [5.41, 5.74) is 1.44. The van der Waals surface area contributed by atoms with Gasteiger partial charge in [-0.1, -0.05) is 30.3 Å². The van der Waals surface area contributed by atoms with Gasteiger partial charge in [-0.25, -0.2) is 14.2 Å². The molecular formula is C26H28FN5O4. The van der Waals surface area contributed by atoms with Crippen molar-refractivity contribution >= 4 is 17.8 Å². The Bertz CT molecular complexity index is 1230.